The van der Waals surface area contributed by atoms with Crippen LogP contribution in [0.25, 0.3) is 0 Å². The third-order valence-corrected chi connectivity index (χ3v) is 5.70. The van der Waals surface area contributed by atoms with Crippen LogP contribution in [0, 0.1) is 0 Å². The lowest BCUT2D eigenvalue weighted by Crippen LogP contribution is -2.47. The van der Waals surface area contributed by atoms with Crippen molar-refractivity contribution in [1.29, 1.82) is 0 Å². The van der Waals surface area contributed by atoms with E-state index in [-0.39, 0.29) is 0 Å². The Labute approximate surface area is 112 Å². The minimum Gasteiger partial charge on any atom is -0.353 e. The van der Waals surface area contributed by atoms with Crippen LogP contribution in [0.5, 0.6) is 0 Å². The maximum absolute atomic E-state index is 11.8. The van der Waals surface area contributed by atoms with E-state index >= 15 is 0 Å². The highest BCUT2D eigenvalue weighted by Gasteiger charge is 2.31. The van der Waals surface area contributed by atoms with Crippen LogP contribution in [0.3, 0.4) is 0 Å². The number of rotatable bonds is 3. The molecular weight excluding hydrogens is 268 g/mol. The van der Waals surface area contributed by atoms with Crippen LogP contribution in [-0.2, 0) is 16.4 Å². The molecule has 0 saturated carbocycles. The van der Waals surface area contributed by atoms with Gasteiger partial charge in [0.05, 0.1) is 0 Å². The largest absolute Gasteiger partial charge is 0.353 e. The molecule has 100 valence electrons. The Morgan fingerprint density at radius 3 is 2.94 bits per heavy atom. The van der Waals surface area contributed by atoms with E-state index in [2.05, 4.69) is 0 Å². The first-order valence-corrected chi connectivity index (χ1v) is 8.95. The monoisotopic (exact) mass is 286 g/mol. The zero-order chi connectivity index (χ0) is 13.2. The lowest BCUT2D eigenvalue weighted by molar-refractivity contribution is 0.584. The number of nitrogens with two attached hydrogens (primary N) is 1. The van der Waals surface area contributed by atoms with Gasteiger partial charge in [0.15, 0.2) is 9.84 Å². The van der Waals surface area contributed by atoms with Crippen molar-refractivity contribution in [3.8, 4) is 0 Å². The number of nitrogens with zero attached hydrogens (tertiary/aromatic N) is 1. The Balaban J connectivity index is 2.33. The summed E-state index contributed by atoms with van der Waals surface area (Å²) in [7, 11) is -3.07. The van der Waals surface area contributed by atoms with E-state index in [4.69, 9.17) is 5.73 Å². The first-order chi connectivity index (χ1) is 8.52. The smallest absolute Gasteiger partial charge is 0.169 e. The van der Waals surface area contributed by atoms with Gasteiger partial charge >= 0.3 is 0 Å². The van der Waals surface area contributed by atoms with Crippen molar-refractivity contribution in [2.24, 2.45) is 5.73 Å². The van der Waals surface area contributed by atoms with Crippen molar-refractivity contribution in [3.05, 3.63) is 29.8 Å². The van der Waals surface area contributed by atoms with E-state index in [1.54, 1.807) is 11.8 Å². The van der Waals surface area contributed by atoms with Gasteiger partial charge in [-0.3, -0.25) is 0 Å². The van der Waals surface area contributed by atoms with Gasteiger partial charge in [-0.2, -0.15) is 11.8 Å². The van der Waals surface area contributed by atoms with Crippen LogP contribution in [0.4, 0.5) is 5.69 Å². The average molecular weight is 286 g/mol. The van der Waals surface area contributed by atoms with E-state index in [0.717, 1.165) is 23.5 Å². The summed E-state index contributed by atoms with van der Waals surface area (Å²) in [6.45, 7) is 1.23. The third-order valence-electron chi connectivity index (χ3n) is 3.06. The molecule has 0 radical (unpaired) electrons. The molecular formula is C12H18N2O2S2. The maximum atomic E-state index is 11.8. The minimum atomic E-state index is -3.07. The molecule has 0 bridgehead atoms. The SMILES string of the molecule is CS(=O)(=O)C1CSCCN1c1cccc(CN)c1. The molecule has 1 fully saturated rings. The summed E-state index contributed by atoms with van der Waals surface area (Å²) in [6, 6.07) is 7.82. The fourth-order valence-corrected chi connectivity index (χ4v) is 4.93. The molecule has 4 nitrogen and oxygen atoms in total. The highest BCUT2D eigenvalue weighted by molar-refractivity contribution is 8.01. The van der Waals surface area contributed by atoms with Gasteiger partial charge in [-0.25, -0.2) is 8.42 Å². The van der Waals surface area contributed by atoms with E-state index in [1.807, 2.05) is 29.2 Å². The molecule has 1 aliphatic rings. The predicted octanol–water partition coefficient (Wildman–Crippen LogP) is 1.07. The summed E-state index contributed by atoms with van der Waals surface area (Å²) >= 11 is 1.69. The van der Waals surface area contributed by atoms with Gasteiger partial charge in [-0.1, -0.05) is 12.1 Å². The first kappa shape index (κ1) is 13.7. The van der Waals surface area contributed by atoms with E-state index in [0.29, 0.717) is 12.3 Å². The number of hydrogen-bond donors (Lipinski definition) is 1. The van der Waals surface area contributed by atoms with Crippen molar-refractivity contribution in [2.75, 3.05) is 29.2 Å². The lowest BCUT2D eigenvalue weighted by Gasteiger charge is -2.36. The third kappa shape index (κ3) is 2.99. The molecule has 2 N–H and O–H groups in total. The molecule has 0 amide bonds. The summed E-state index contributed by atoms with van der Waals surface area (Å²) in [5.74, 6) is 1.59. The Hall–Kier alpha value is -0.720. The fourth-order valence-electron chi connectivity index (χ4n) is 2.09. The normalized spacial score (nSPS) is 21.0. The van der Waals surface area contributed by atoms with Crippen molar-refractivity contribution in [2.45, 2.75) is 11.9 Å². The fraction of sp³-hybridized carbons (Fsp3) is 0.500. The van der Waals surface area contributed by atoms with Gasteiger partial charge < -0.3 is 10.6 Å². The summed E-state index contributed by atoms with van der Waals surface area (Å²) in [6.07, 6.45) is 1.31. The molecule has 0 aromatic heterocycles. The molecule has 0 aliphatic carbocycles. The highest BCUT2D eigenvalue weighted by atomic mass is 32.2. The Morgan fingerprint density at radius 1 is 1.50 bits per heavy atom. The molecule has 1 saturated heterocycles. The lowest BCUT2D eigenvalue weighted by atomic mass is 10.2. The Bertz CT molecular complexity index is 517. The molecule has 1 aromatic carbocycles. The van der Waals surface area contributed by atoms with Crippen molar-refractivity contribution >= 4 is 27.3 Å². The molecule has 1 aliphatic heterocycles. The Morgan fingerprint density at radius 2 is 2.28 bits per heavy atom. The summed E-state index contributed by atoms with van der Waals surface area (Å²) in [5.41, 5.74) is 7.61. The molecule has 1 unspecified atom stereocenters. The number of thioether (sulfide) groups is 1. The van der Waals surface area contributed by atoms with Crippen molar-refractivity contribution < 1.29 is 8.42 Å². The quantitative estimate of drug-likeness (QED) is 0.900. The van der Waals surface area contributed by atoms with Gasteiger partial charge in [0.1, 0.15) is 5.37 Å². The molecule has 18 heavy (non-hydrogen) atoms. The zero-order valence-electron chi connectivity index (χ0n) is 10.4. The second kappa shape index (κ2) is 5.50. The highest BCUT2D eigenvalue weighted by Crippen LogP contribution is 2.27. The maximum Gasteiger partial charge on any atom is 0.169 e. The predicted molar refractivity (Wildman–Crippen MR) is 77.6 cm³/mol. The van der Waals surface area contributed by atoms with Crippen LogP contribution in [0.2, 0.25) is 0 Å². The molecule has 2 rings (SSSR count). The van der Waals surface area contributed by atoms with Gasteiger partial charge in [-0.05, 0) is 17.7 Å². The van der Waals surface area contributed by atoms with Crippen LogP contribution >= 0.6 is 11.8 Å². The van der Waals surface area contributed by atoms with Crippen molar-refractivity contribution in [3.63, 3.8) is 0 Å². The number of hydrogen-bond acceptors (Lipinski definition) is 5. The number of sulfone groups is 1. The first-order valence-electron chi connectivity index (χ1n) is 5.84. The summed E-state index contributed by atoms with van der Waals surface area (Å²) in [5, 5.41) is -0.427. The zero-order valence-corrected chi connectivity index (χ0v) is 12.0. The molecule has 1 atom stereocenters. The standard InChI is InChI=1S/C12H18N2O2S2/c1-18(15,16)12-9-17-6-5-14(12)11-4-2-3-10(7-11)8-13/h2-4,7,12H,5-6,8-9,13H2,1H3. The topological polar surface area (TPSA) is 63.4 Å². The van der Waals surface area contributed by atoms with E-state index in [1.165, 1.54) is 6.26 Å². The van der Waals surface area contributed by atoms with E-state index in [9.17, 15) is 8.42 Å². The molecule has 6 heteroatoms. The summed E-state index contributed by atoms with van der Waals surface area (Å²) < 4.78 is 23.7. The molecule has 1 heterocycles. The molecule has 0 spiro atoms. The van der Waals surface area contributed by atoms with Crippen LogP contribution in [-0.4, -0.2) is 38.1 Å². The van der Waals surface area contributed by atoms with Crippen LogP contribution in [0.15, 0.2) is 24.3 Å². The van der Waals surface area contributed by atoms with Gasteiger partial charge in [0, 0.05) is 36.5 Å². The van der Waals surface area contributed by atoms with Crippen molar-refractivity contribution in [1.82, 2.24) is 0 Å². The number of benzene rings is 1. The number of anilines is 1. The minimum absolute atomic E-state index is 0.427. The average Bonchev–Trinajstić information content (AvgIpc) is 2.38. The van der Waals surface area contributed by atoms with Gasteiger partial charge in [0.25, 0.3) is 0 Å². The second-order valence-electron chi connectivity index (χ2n) is 4.43. The molecule has 1 aromatic rings. The Kier molecular flexibility index (Phi) is 4.19. The van der Waals surface area contributed by atoms with Gasteiger partial charge in [0.2, 0.25) is 0 Å². The second-order valence-corrected chi connectivity index (χ2v) is 7.78. The van der Waals surface area contributed by atoms with Crippen LogP contribution in [0.1, 0.15) is 5.56 Å². The van der Waals surface area contributed by atoms with Gasteiger partial charge in [-0.15, -0.1) is 0 Å². The van der Waals surface area contributed by atoms with Crippen LogP contribution < -0.4 is 10.6 Å². The van der Waals surface area contributed by atoms with E-state index < -0.39 is 15.2 Å². The summed E-state index contributed by atoms with van der Waals surface area (Å²) in [4.78, 5) is 1.98.